The lowest BCUT2D eigenvalue weighted by molar-refractivity contribution is 0.882. The van der Waals surface area contributed by atoms with Crippen LogP contribution in [0.3, 0.4) is 0 Å². The predicted molar refractivity (Wildman–Crippen MR) is 53.2 cm³/mol. The van der Waals surface area contributed by atoms with Crippen molar-refractivity contribution >= 4 is 11.8 Å². The van der Waals surface area contributed by atoms with Crippen molar-refractivity contribution in [2.45, 2.75) is 12.8 Å². The van der Waals surface area contributed by atoms with E-state index in [1.807, 2.05) is 11.8 Å². The molecule has 0 saturated carbocycles. The van der Waals surface area contributed by atoms with E-state index in [1.54, 1.807) is 0 Å². The van der Waals surface area contributed by atoms with Crippen molar-refractivity contribution in [3.8, 4) is 0 Å². The topological polar surface area (TPSA) is 0 Å². The summed E-state index contributed by atoms with van der Waals surface area (Å²) in [4.78, 5) is 0. The van der Waals surface area contributed by atoms with E-state index in [-0.39, 0.29) is 0 Å². The third-order valence-electron chi connectivity index (χ3n) is 1.79. The molecule has 1 atom stereocenters. The maximum atomic E-state index is 2.27. The van der Waals surface area contributed by atoms with Crippen LogP contribution in [-0.2, 0) is 0 Å². The normalized spacial score (nSPS) is 12.9. The van der Waals surface area contributed by atoms with Crippen LogP contribution in [0.2, 0.25) is 0 Å². The molecule has 0 fully saturated rings. The van der Waals surface area contributed by atoms with Gasteiger partial charge in [-0.2, -0.15) is 11.8 Å². The summed E-state index contributed by atoms with van der Waals surface area (Å²) in [6.07, 6.45) is 2.15. The average molecular weight is 166 g/mol. The smallest absolute Gasteiger partial charge is 0.000397 e. The first-order chi connectivity index (χ1) is 5.34. The summed E-state index contributed by atoms with van der Waals surface area (Å²) in [5.41, 5.74) is 1.45. The fraction of sp³-hybridized carbons (Fsp3) is 0.400. The maximum Gasteiger partial charge on any atom is -0.000397 e. The van der Waals surface area contributed by atoms with Crippen LogP contribution in [0.25, 0.3) is 0 Å². The van der Waals surface area contributed by atoms with E-state index in [1.165, 1.54) is 11.3 Å². The van der Waals surface area contributed by atoms with Crippen molar-refractivity contribution in [3.05, 3.63) is 35.9 Å². The van der Waals surface area contributed by atoms with Gasteiger partial charge in [-0.25, -0.2) is 0 Å². The van der Waals surface area contributed by atoms with Gasteiger partial charge in [-0.05, 0) is 23.5 Å². The van der Waals surface area contributed by atoms with Crippen LogP contribution < -0.4 is 0 Å². The second-order valence-electron chi connectivity index (χ2n) is 2.77. The molecule has 0 amide bonds. The third kappa shape index (κ3) is 2.58. The molecule has 1 heteroatoms. The van der Waals surface area contributed by atoms with E-state index in [4.69, 9.17) is 0 Å². The molecule has 60 valence electrons. The van der Waals surface area contributed by atoms with E-state index in [0.29, 0.717) is 5.92 Å². The second kappa shape index (κ2) is 4.45. The predicted octanol–water partition coefficient (Wildman–Crippen LogP) is 3.15. The van der Waals surface area contributed by atoms with Gasteiger partial charge in [0.25, 0.3) is 0 Å². The van der Waals surface area contributed by atoms with E-state index in [0.717, 1.165) is 0 Å². The zero-order chi connectivity index (χ0) is 8.10. The quantitative estimate of drug-likeness (QED) is 0.664. The van der Waals surface area contributed by atoms with E-state index in [2.05, 4.69) is 43.5 Å². The van der Waals surface area contributed by atoms with Gasteiger partial charge in [-0.15, -0.1) is 0 Å². The van der Waals surface area contributed by atoms with Gasteiger partial charge in [-0.3, -0.25) is 0 Å². The van der Waals surface area contributed by atoms with Crippen LogP contribution in [0, 0.1) is 0 Å². The highest BCUT2D eigenvalue weighted by Gasteiger charge is 2.01. The van der Waals surface area contributed by atoms with Crippen molar-refractivity contribution in [2.75, 3.05) is 12.0 Å². The summed E-state index contributed by atoms with van der Waals surface area (Å²) < 4.78 is 0. The first-order valence-corrected chi connectivity index (χ1v) is 5.28. The Morgan fingerprint density at radius 2 is 1.91 bits per heavy atom. The maximum absolute atomic E-state index is 2.27. The first kappa shape index (κ1) is 8.66. The van der Waals surface area contributed by atoms with Crippen molar-refractivity contribution in [3.63, 3.8) is 0 Å². The summed E-state index contributed by atoms with van der Waals surface area (Å²) in [6.45, 7) is 2.27. The van der Waals surface area contributed by atoms with Gasteiger partial charge in [0, 0.05) is 0 Å². The molecule has 0 aliphatic heterocycles. The Kier molecular flexibility index (Phi) is 3.50. The van der Waals surface area contributed by atoms with Crippen molar-refractivity contribution in [2.24, 2.45) is 0 Å². The number of thioether (sulfide) groups is 1. The summed E-state index contributed by atoms with van der Waals surface area (Å²) in [7, 11) is 0. The second-order valence-corrected chi connectivity index (χ2v) is 3.68. The largest absolute Gasteiger partial charge is 0.165 e. The summed E-state index contributed by atoms with van der Waals surface area (Å²) in [6, 6.07) is 10.7. The highest BCUT2D eigenvalue weighted by Crippen LogP contribution is 2.17. The van der Waals surface area contributed by atoms with Gasteiger partial charge in [0.15, 0.2) is 0 Å². The van der Waals surface area contributed by atoms with E-state index >= 15 is 0 Å². The van der Waals surface area contributed by atoms with Crippen molar-refractivity contribution < 1.29 is 0 Å². The Bertz CT molecular complexity index is 193. The van der Waals surface area contributed by atoms with Crippen LogP contribution >= 0.6 is 11.8 Å². The molecular formula is C10H14S. The first-order valence-electron chi connectivity index (χ1n) is 3.88. The number of rotatable bonds is 3. The van der Waals surface area contributed by atoms with Crippen LogP contribution in [0.1, 0.15) is 18.4 Å². The molecule has 0 radical (unpaired) electrons. The molecule has 0 bridgehead atoms. The van der Waals surface area contributed by atoms with Gasteiger partial charge in [-0.1, -0.05) is 37.3 Å². The summed E-state index contributed by atoms with van der Waals surface area (Å²) in [5, 5.41) is 0. The lowest BCUT2D eigenvalue weighted by Gasteiger charge is -2.08. The standard InChI is InChI=1S/C10H14S/c1-9(8-11-2)10-6-4-3-5-7-10/h3-7,9H,8H2,1-2H3/t9-/m1/s1. The Labute approximate surface area is 73.0 Å². The summed E-state index contributed by atoms with van der Waals surface area (Å²) >= 11 is 1.90. The molecule has 0 spiro atoms. The zero-order valence-corrected chi connectivity index (χ0v) is 7.90. The van der Waals surface area contributed by atoms with E-state index < -0.39 is 0 Å². The molecule has 1 aromatic carbocycles. The SMILES string of the molecule is CSC[C@@H](C)c1ccccc1. The van der Waals surface area contributed by atoms with Crippen molar-refractivity contribution in [1.29, 1.82) is 0 Å². The van der Waals surface area contributed by atoms with Gasteiger partial charge in [0.05, 0.1) is 0 Å². The minimum Gasteiger partial charge on any atom is -0.165 e. The van der Waals surface area contributed by atoms with Gasteiger partial charge in [0.2, 0.25) is 0 Å². The molecule has 0 aliphatic rings. The minimum absolute atomic E-state index is 0.686. The molecule has 0 nitrogen and oxygen atoms in total. The van der Waals surface area contributed by atoms with Crippen LogP contribution in [0.4, 0.5) is 0 Å². The molecule has 1 rings (SSSR count). The van der Waals surface area contributed by atoms with Gasteiger partial charge >= 0.3 is 0 Å². The van der Waals surface area contributed by atoms with Crippen LogP contribution in [0.5, 0.6) is 0 Å². The molecule has 0 aliphatic carbocycles. The molecule has 0 saturated heterocycles. The lowest BCUT2D eigenvalue weighted by Crippen LogP contribution is -1.94. The molecule has 0 heterocycles. The molecule has 0 N–H and O–H groups in total. The molecule has 11 heavy (non-hydrogen) atoms. The highest BCUT2D eigenvalue weighted by molar-refractivity contribution is 7.98. The Morgan fingerprint density at radius 3 is 2.45 bits per heavy atom. The number of hydrogen-bond acceptors (Lipinski definition) is 1. The fourth-order valence-electron chi connectivity index (χ4n) is 1.13. The van der Waals surface area contributed by atoms with Crippen LogP contribution in [-0.4, -0.2) is 12.0 Å². The molecular weight excluding hydrogens is 152 g/mol. The monoisotopic (exact) mass is 166 g/mol. The molecule has 1 aromatic rings. The number of hydrogen-bond donors (Lipinski definition) is 0. The Balaban J connectivity index is 2.61. The Morgan fingerprint density at radius 1 is 1.27 bits per heavy atom. The minimum atomic E-state index is 0.686. The molecule has 0 aromatic heterocycles. The van der Waals surface area contributed by atoms with Gasteiger partial charge < -0.3 is 0 Å². The lowest BCUT2D eigenvalue weighted by atomic mass is 10.0. The zero-order valence-electron chi connectivity index (χ0n) is 7.08. The Hall–Kier alpha value is -0.430. The number of benzene rings is 1. The fourth-order valence-corrected chi connectivity index (χ4v) is 1.82. The van der Waals surface area contributed by atoms with Crippen molar-refractivity contribution in [1.82, 2.24) is 0 Å². The molecule has 0 unspecified atom stereocenters. The summed E-state index contributed by atoms with van der Waals surface area (Å²) in [5.74, 6) is 1.90. The van der Waals surface area contributed by atoms with Gasteiger partial charge in [0.1, 0.15) is 0 Å². The average Bonchev–Trinajstić information content (AvgIpc) is 2.07. The highest BCUT2D eigenvalue weighted by atomic mass is 32.2. The van der Waals surface area contributed by atoms with E-state index in [9.17, 15) is 0 Å². The van der Waals surface area contributed by atoms with Crippen LogP contribution in [0.15, 0.2) is 30.3 Å². The third-order valence-corrected chi connectivity index (χ3v) is 2.62.